The largest absolute Gasteiger partial charge is 0.378 e. The Bertz CT molecular complexity index is 1610. The van der Waals surface area contributed by atoms with Crippen LogP contribution >= 0.6 is 0 Å². The van der Waals surface area contributed by atoms with Gasteiger partial charge in [0.15, 0.2) is 0 Å². The van der Waals surface area contributed by atoms with Gasteiger partial charge < -0.3 is 9.80 Å². The summed E-state index contributed by atoms with van der Waals surface area (Å²) in [6, 6.07) is 36.0. The van der Waals surface area contributed by atoms with Gasteiger partial charge in [-0.3, -0.25) is 0 Å². The SMILES string of the molecule is CN(C)c1ccc(-c2cc3ccc4ccc(-c5ccc(N(C)C)cc5)c5ccc(c2)c3c45)cc1. The molecule has 0 aromatic heterocycles. The molecule has 0 saturated heterocycles. The molecular formula is C32H28N2. The zero-order valence-corrected chi connectivity index (χ0v) is 20.1. The predicted molar refractivity (Wildman–Crippen MR) is 150 cm³/mol. The number of hydrogen-bond acceptors (Lipinski definition) is 2. The van der Waals surface area contributed by atoms with Gasteiger partial charge in [0.05, 0.1) is 0 Å². The van der Waals surface area contributed by atoms with Crippen molar-refractivity contribution in [2.45, 2.75) is 0 Å². The molecule has 0 unspecified atom stereocenters. The molecule has 34 heavy (non-hydrogen) atoms. The van der Waals surface area contributed by atoms with Crippen molar-refractivity contribution in [1.82, 2.24) is 0 Å². The molecule has 0 fully saturated rings. The summed E-state index contributed by atoms with van der Waals surface area (Å²) in [5.41, 5.74) is 7.48. The first kappa shape index (κ1) is 20.6. The molecule has 0 atom stereocenters. The highest BCUT2D eigenvalue weighted by atomic mass is 15.1. The molecule has 0 aliphatic rings. The smallest absolute Gasteiger partial charge is 0.0361 e. The first-order valence-corrected chi connectivity index (χ1v) is 11.8. The number of nitrogens with zero attached hydrogens (tertiary/aromatic N) is 2. The number of hydrogen-bond donors (Lipinski definition) is 0. The van der Waals surface area contributed by atoms with Crippen molar-refractivity contribution in [3.63, 3.8) is 0 Å². The van der Waals surface area contributed by atoms with Gasteiger partial charge in [0, 0.05) is 39.6 Å². The van der Waals surface area contributed by atoms with Crippen molar-refractivity contribution >= 4 is 43.7 Å². The summed E-state index contributed by atoms with van der Waals surface area (Å²) in [4.78, 5) is 4.27. The fourth-order valence-corrected chi connectivity index (χ4v) is 5.13. The highest BCUT2D eigenvalue weighted by molar-refractivity contribution is 6.26. The average Bonchev–Trinajstić information content (AvgIpc) is 2.87. The van der Waals surface area contributed by atoms with E-state index in [2.05, 4.69) is 135 Å². The summed E-state index contributed by atoms with van der Waals surface area (Å²) in [6.07, 6.45) is 0. The summed E-state index contributed by atoms with van der Waals surface area (Å²) in [6.45, 7) is 0. The van der Waals surface area contributed by atoms with Gasteiger partial charge in [0.1, 0.15) is 0 Å². The van der Waals surface area contributed by atoms with Crippen molar-refractivity contribution in [2.75, 3.05) is 38.0 Å². The van der Waals surface area contributed by atoms with Crippen molar-refractivity contribution in [3.05, 3.63) is 97.1 Å². The van der Waals surface area contributed by atoms with Crippen LogP contribution in [0.4, 0.5) is 11.4 Å². The van der Waals surface area contributed by atoms with Crippen LogP contribution in [0.3, 0.4) is 0 Å². The number of benzene rings is 6. The zero-order valence-electron chi connectivity index (χ0n) is 20.1. The van der Waals surface area contributed by atoms with E-state index in [1.165, 1.54) is 65.9 Å². The van der Waals surface area contributed by atoms with Gasteiger partial charge in [-0.2, -0.15) is 0 Å². The second kappa shape index (κ2) is 7.78. The molecule has 2 heteroatoms. The molecule has 0 bridgehead atoms. The topological polar surface area (TPSA) is 6.48 Å². The molecule has 2 nitrogen and oxygen atoms in total. The molecule has 6 rings (SSSR count). The van der Waals surface area contributed by atoms with E-state index in [4.69, 9.17) is 0 Å². The third kappa shape index (κ3) is 3.26. The van der Waals surface area contributed by atoms with Crippen molar-refractivity contribution in [3.8, 4) is 22.3 Å². The Balaban J connectivity index is 1.54. The van der Waals surface area contributed by atoms with E-state index < -0.39 is 0 Å². The minimum absolute atomic E-state index is 1.22. The van der Waals surface area contributed by atoms with Gasteiger partial charge >= 0.3 is 0 Å². The van der Waals surface area contributed by atoms with Crippen LogP contribution in [0.15, 0.2) is 97.1 Å². The first-order chi connectivity index (χ1) is 16.5. The minimum Gasteiger partial charge on any atom is -0.378 e. The molecule has 6 aromatic carbocycles. The van der Waals surface area contributed by atoms with Gasteiger partial charge in [-0.05, 0) is 91.0 Å². The Labute approximate surface area is 201 Å². The van der Waals surface area contributed by atoms with Crippen molar-refractivity contribution < 1.29 is 0 Å². The lowest BCUT2D eigenvalue weighted by Gasteiger charge is -2.17. The standard InChI is InChI=1S/C32H28N2/c1-33(2)27-13-7-21(8-14-27)26-19-24-6-5-23-11-17-29(22-9-15-28(16-10-22)34(3)4)30-18-12-25(20-26)31(24)32(23)30/h5-20H,1-4H3. The van der Waals surface area contributed by atoms with Crippen LogP contribution < -0.4 is 9.80 Å². The quantitative estimate of drug-likeness (QED) is 0.256. The predicted octanol–water partition coefficient (Wildman–Crippen LogP) is 8.05. The zero-order chi connectivity index (χ0) is 23.4. The van der Waals surface area contributed by atoms with Gasteiger partial charge in [-0.25, -0.2) is 0 Å². The Morgan fingerprint density at radius 1 is 0.412 bits per heavy atom. The maximum absolute atomic E-state index is 2.34. The Hall–Kier alpha value is -4.04. The Morgan fingerprint density at radius 3 is 1.50 bits per heavy atom. The van der Waals surface area contributed by atoms with E-state index in [0.717, 1.165) is 0 Å². The fraction of sp³-hybridized carbons (Fsp3) is 0.125. The molecular weight excluding hydrogens is 412 g/mol. The molecule has 0 saturated carbocycles. The second-order valence-electron chi connectivity index (χ2n) is 9.57. The van der Waals surface area contributed by atoms with E-state index in [1.54, 1.807) is 0 Å². The Kier molecular flexibility index (Phi) is 4.70. The van der Waals surface area contributed by atoms with Crippen LogP contribution in [0.25, 0.3) is 54.6 Å². The van der Waals surface area contributed by atoms with Gasteiger partial charge in [-0.1, -0.05) is 60.7 Å². The molecule has 0 amide bonds. The van der Waals surface area contributed by atoms with Crippen LogP contribution in [-0.2, 0) is 0 Å². The van der Waals surface area contributed by atoms with E-state index in [1.807, 2.05) is 0 Å². The molecule has 0 heterocycles. The fourth-order valence-electron chi connectivity index (χ4n) is 5.13. The maximum Gasteiger partial charge on any atom is 0.0361 e. The van der Waals surface area contributed by atoms with Crippen LogP contribution in [-0.4, -0.2) is 28.2 Å². The Morgan fingerprint density at radius 2 is 0.912 bits per heavy atom. The minimum atomic E-state index is 1.22. The number of anilines is 2. The van der Waals surface area contributed by atoms with Gasteiger partial charge in [0.25, 0.3) is 0 Å². The van der Waals surface area contributed by atoms with Crippen molar-refractivity contribution in [2.24, 2.45) is 0 Å². The third-order valence-corrected chi connectivity index (χ3v) is 7.01. The third-order valence-electron chi connectivity index (χ3n) is 7.01. The normalized spacial score (nSPS) is 11.5. The molecule has 6 aromatic rings. The van der Waals surface area contributed by atoms with E-state index in [9.17, 15) is 0 Å². The van der Waals surface area contributed by atoms with Crippen molar-refractivity contribution in [1.29, 1.82) is 0 Å². The molecule has 0 N–H and O–H groups in total. The molecule has 0 spiro atoms. The summed E-state index contributed by atoms with van der Waals surface area (Å²) in [7, 11) is 8.31. The lowest BCUT2D eigenvalue weighted by molar-refractivity contribution is 1.13. The molecule has 0 aliphatic carbocycles. The highest BCUT2D eigenvalue weighted by Gasteiger charge is 2.13. The number of rotatable bonds is 4. The van der Waals surface area contributed by atoms with E-state index in [-0.39, 0.29) is 0 Å². The summed E-state index contributed by atoms with van der Waals surface area (Å²) in [5.74, 6) is 0. The summed E-state index contributed by atoms with van der Waals surface area (Å²) < 4.78 is 0. The monoisotopic (exact) mass is 440 g/mol. The van der Waals surface area contributed by atoms with Crippen LogP contribution in [0.5, 0.6) is 0 Å². The maximum atomic E-state index is 2.34. The lowest BCUT2D eigenvalue weighted by atomic mass is 9.88. The van der Waals surface area contributed by atoms with Gasteiger partial charge in [-0.15, -0.1) is 0 Å². The van der Waals surface area contributed by atoms with Crippen LogP contribution in [0.2, 0.25) is 0 Å². The van der Waals surface area contributed by atoms with E-state index in [0.29, 0.717) is 0 Å². The van der Waals surface area contributed by atoms with E-state index >= 15 is 0 Å². The van der Waals surface area contributed by atoms with Gasteiger partial charge in [0.2, 0.25) is 0 Å². The second-order valence-corrected chi connectivity index (χ2v) is 9.57. The van der Waals surface area contributed by atoms with Crippen LogP contribution in [0, 0.1) is 0 Å². The molecule has 166 valence electrons. The summed E-state index contributed by atoms with van der Waals surface area (Å²) >= 11 is 0. The lowest BCUT2D eigenvalue weighted by Crippen LogP contribution is -2.07. The summed E-state index contributed by atoms with van der Waals surface area (Å²) in [5, 5.41) is 7.92. The highest BCUT2D eigenvalue weighted by Crippen LogP contribution is 2.41. The molecule has 0 aliphatic heterocycles. The first-order valence-electron chi connectivity index (χ1n) is 11.8. The molecule has 0 radical (unpaired) electrons. The average molecular weight is 441 g/mol. The van der Waals surface area contributed by atoms with Crippen LogP contribution in [0.1, 0.15) is 0 Å².